The second-order valence-electron chi connectivity index (χ2n) is 7.53. The van der Waals surface area contributed by atoms with E-state index in [-0.39, 0.29) is 30.0 Å². The number of nitrogens with zero attached hydrogens (tertiary/aromatic N) is 3. The van der Waals surface area contributed by atoms with Crippen LogP contribution in [0.25, 0.3) is 11.4 Å². The molecule has 0 saturated carbocycles. The van der Waals surface area contributed by atoms with Crippen molar-refractivity contribution >= 4 is 23.4 Å². The van der Waals surface area contributed by atoms with Gasteiger partial charge in [-0.25, -0.2) is 0 Å². The van der Waals surface area contributed by atoms with Crippen molar-refractivity contribution in [3.63, 3.8) is 0 Å². The average Bonchev–Trinajstić information content (AvgIpc) is 3.50. The summed E-state index contributed by atoms with van der Waals surface area (Å²) in [5.41, 5.74) is 1.48. The first-order valence-electron chi connectivity index (χ1n) is 10.3. The molecule has 1 saturated heterocycles. The molecule has 4 rings (SSSR count). The van der Waals surface area contributed by atoms with Gasteiger partial charge in [-0.1, -0.05) is 5.16 Å². The van der Waals surface area contributed by atoms with Crippen LogP contribution in [0, 0.1) is 0 Å². The van der Waals surface area contributed by atoms with Gasteiger partial charge in [0.1, 0.15) is 0 Å². The van der Waals surface area contributed by atoms with Gasteiger partial charge >= 0.3 is 0 Å². The molecular weight excluding hydrogens is 414 g/mol. The summed E-state index contributed by atoms with van der Waals surface area (Å²) in [5, 5.41) is 9.35. The van der Waals surface area contributed by atoms with Gasteiger partial charge in [0.2, 0.25) is 23.5 Å². The molecule has 32 heavy (non-hydrogen) atoms. The van der Waals surface area contributed by atoms with Crippen LogP contribution in [0.15, 0.2) is 51.6 Å². The molecule has 10 nitrogen and oxygen atoms in total. The van der Waals surface area contributed by atoms with Crippen molar-refractivity contribution < 1.29 is 23.3 Å². The zero-order chi connectivity index (χ0) is 22.5. The number of piperidine rings is 1. The topological polar surface area (TPSA) is 131 Å². The summed E-state index contributed by atoms with van der Waals surface area (Å²) < 4.78 is 10.5. The smallest absolute Gasteiger partial charge is 0.287 e. The van der Waals surface area contributed by atoms with Crippen molar-refractivity contribution in [2.24, 2.45) is 0 Å². The van der Waals surface area contributed by atoms with Crippen LogP contribution < -0.4 is 10.6 Å². The van der Waals surface area contributed by atoms with Crippen molar-refractivity contribution in [1.29, 1.82) is 0 Å². The van der Waals surface area contributed by atoms with Crippen LogP contribution in [0.5, 0.6) is 0 Å². The zero-order valence-electron chi connectivity index (χ0n) is 17.5. The van der Waals surface area contributed by atoms with E-state index in [4.69, 9.17) is 8.94 Å². The van der Waals surface area contributed by atoms with Crippen molar-refractivity contribution in [2.45, 2.75) is 25.7 Å². The molecule has 166 valence electrons. The minimum Gasteiger partial charge on any atom is -0.459 e. The molecule has 2 aromatic heterocycles. The van der Waals surface area contributed by atoms with Crippen LogP contribution in [0.2, 0.25) is 0 Å². The number of nitrogens with one attached hydrogen (secondary N) is 2. The Morgan fingerprint density at radius 1 is 1.12 bits per heavy atom. The minimum absolute atomic E-state index is 0.0664. The van der Waals surface area contributed by atoms with Crippen LogP contribution in [0.1, 0.15) is 42.1 Å². The van der Waals surface area contributed by atoms with E-state index in [0.717, 1.165) is 5.56 Å². The van der Waals surface area contributed by atoms with Gasteiger partial charge in [-0.3, -0.25) is 14.4 Å². The maximum absolute atomic E-state index is 12.4. The van der Waals surface area contributed by atoms with Gasteiger partial charge in [0, 0.05) is 37.2 Å². The normalized spacial score (nSPS) is 14.2. The predicted molar refractivity (Wildman–Crippen MR) is 114 cm³/mol. The molecule has 0 atom stereocenters. The number of furan rings is 1. The van der Waals surface area contributed by atoms with Crippen molar-refractivity contribution in [2.75, 3.05) is 25.0 Å². The third-order valence-corrected chi connectivity index (χ3v) is 5.25. The van der Waals surface area contributed by atoms with E-state index in [0.29, 0.717) is 43.3 Å². The Hall–Kier alpha value is -3.95. The highest BCUT2D eigenvalue weighted by atomic mass is 16.5. The summed E-state index contributed by atoms with van der Waals surface area (Å²) in [5.74, 6) is 0.572. The molecule has 3 amide bonds. The van der Waals surface area contributed by atoms with E-state index >= 15 is 0 Å². The van der Waals surface area contributed by atoms with Crippen LogP contribution in [-0.4, -0.2) is 52.4 Å². The summed E-state index contributed by atoms with van der Waals surface area (Å²) in [6, 6.07) is 10.4. The monoisotopic (exact) mass is 437 g/mol. The van der Waals surface area contributed by atoms with Crippen LogP contribution in [0.4, 0.5) is 5.69 Å². The zero-order valence-corrected chi connectivity index (χ0v) is 17.5. The van der Waals surface area contributed by atoms with Gasteiger partial charge in [0.05, 0.1) is 12.8 Å². The molecule has 1 aliphatic heterocycles. The molecule has 1 aliphatic rings. The molecule has 3 aromatic rings. The van der Waals surface area contributed by atoms with E-state index in [2.05, 4.69) is 20.8 Å². The Bertz CT molecular complexity index is 1080. The van der Waals surface area contributed by atoms with E-state index in [1.165, 1.54) is 13.2 Å². The standard InChI is InChI=1S/C22H23N5O5/c1-14(28)24-17-6-4-15(5-7-17)20-25-22(32-26-20)16-8-10-27(11-9-16)19(29)13-23-21(30)18-3-2-12-31-18/h2-7,12,16H,8-11,13H2,1H3,(H,23,30)(H,24,28). The Labute approximate surface area is 184 Å². The van der Waals surface area contributed by atoms with Crippen LogP contribution in [0.3, 0.4) is 0 Å². The Kier molecular flexibility index (Phi) is 6.29. The summed E-state index contributed by atoms with van der Waals surface area (Å²) in [4.78, 5) is 41.7. The SMILES string of the molecule is CC(=O)Nc1ccc(-c2noc(C3CCN(C(=O)CNC(=O)c4ccco4)CC3)n2)cc1. The van der Waals surface area contributed by atoms with Crippen molar-refractivity contribution in [1.82, 2.24) is 20.4 Å². The number of anilines is 1. The van der Waals surface area contributed by atoms with Gasteiger partial charge in [-0.05, 0) is 49.2 Å². The van der Waals surface area contributed by atoms with E-state index in [9.17, 15) is 14.4 Å². The Morgan fingerprint density at radius 3 is 2.53 bits per heavy atom. The number of likely N-dealkylation sites (tertiary alicyclic amines) is 1. The molecule has 1 fully saturated rings. The van der Waals surface area contributed by atoms with E-state index in [1.54, 1.807) is 29.2 Å². The largest absolute Gasteiger partial charge is 0.459 e. The first-order valence-corrected chi connectivity index (χ1v) is 10.3. The summed E-state index contributed by atoms with van der Waals surface area (Å²) in [6.45, 7) is 2.46. The molecular formula is C22H23N5O5. The number of carbonyl (C=O) groups is 3. The van der Waals surface area contributed by atoms with Crippen LogP contribution in [-0.2, 0) is 9.59 Å². The number of benzene rings is 1. The van der Waals surface area contributed by atoms with Gasteiger partial charge < -0.3 is 24.5 Å². The lowest BCUT2D eigenvalue weighted by Gasteiger charge is -2.30. The first-order chi connectivity index (χ1) is 15.5. The molecule has 10 heteroatoms. The fourth-order valence-electron chi connectivity index (χ4n) is 3.56. The fourth-order valence-corrected chi connectivity index (χ4v) is 3.56. The number of hydrogen-bond acceptors (Lipinski definition) is 7. The average molecular weight is 437 g/mol. The molecule has 0 spiro atoms. The lowest BCUT2D eigenvalue weighted by atomic mass is 9.96. The van der Waals surface area contributed by atoms with Crippen molar-refractivity contribution in [3.8, 4) is 11.4 Å². The second-order valence-corrected chi connectivity index (χ2v) is 7.53. The number of rotatable bonds is 6. The maximum atomic E-state index is 12.4. The van der Waals surface area contributed by atoms with E-state index < -0.39 is 5.91 Å². The second kappa shape index (κ2) is 9.46. The van der Waals surface area contributed by atoms with E-state index in [1.807, 2.05) is 12.1 Å². The van der Waals surface area contributed by atoms with Crippen molar-refractivity contribution in [3.05, 3.63) is 54.3 Å². The first kappa shape index (κ1) is 21.3. The van der Waals surface area contributed by atoms with Gasteiger partial charge in [-0.15, -0.1) is 0 Å². The third kappa shape index (κ3) is 5.02. The molecule has 0 radical (unpaired) electrons. The fraction of sp³-hybridized carbons (Fsp3) is 0.318. The molecule has 0 unspecified atom stereocenters. The highest BCUT2D eigenvalue weighted by Crippen LogP contribution is 2.28. The third-order valence-electron chi connectivity index (χ3n) is 5.25. The quantitative estimate of drug-likeness (QED) is 0.605. The Morgan fingerprint density at radius 2 is 1.88 bits per heavy atom. The van der Waals surface area contributed by atoms with Gasteiger partial charge in [0.25, 0.3) is 5.91 Å². The highest BCUT2D eigenvalue weighted by Gasteiger charge is 2.28. The molecule has 0 bridgehead atoms. The molecule has 3 heterocycles. The molecule has 1 aromatic carbocycles. The molecule has 2 N–H and O–H groups in total. The summed E-state index contributed by atoms with van der Waals surface area (Å²) in [7, 11) is 0. The van der Waals surface area contributed by atoms with Gasteiger partial charge in [0.15, 0.2) is 5.76 Å². The lowest BCUT2D eigenvalue weighted by Crippen LogP contribution is -2.43. The minimum atomic E-state index is -0.415. The van der Waals surface area contributed by atoms with Gasteiger partial charge in [-0.2, -0.15) is 4.98 Å². The van der Waals surface area contributed by atoms with Crippen LogP contribution >= 0.6 is 0 Å². The summed E-state index contributed by atoms with van der Waals surface area (Å²) in [6.07, 6.45) is 2.80. The number of amides is 3. The predicted octanol–water partition coefficient (Wildman–Crippen LogP) is 2.42. The molecule has 0 aliphatic carbocycles. The number of hydrogen-bond donors (Lipinski definition) is 2. The highest BCUT2D eigenvalue weighted by molar-refractivity contribution is 5.94. The Balaban J connectivity index is 1.28. The number of carbonyl (C=O) groups excluding carboxylic acids is 3. The summed E-state index contributed by atoms with van der Waals surface area (Å²) >= 11 is 0. The number of aromatic nitrogens is 2. The maximum Gasteiger partial charge on any atom is 0.287 e. The lowest BCUT2D eigenvalue weighted by molar-refractivity contribution is -0.131.